The van der Waals surface area contributed by atoms with Crippen molar-refractivity contribution in [2.45, 2.75) is 13.3 Å². The second-order valence-electron chi connectivity index (χ2n) is 9.10. The molecule has 0 bridgehead atoms. The predicted octanol–water partition coefficient (Wildman–Crippen LogP) is 2.47. The van der Waals surface area contributed by atoms with E-state index in [4.69, 9.17) is 19.7 Å². The lowest BCUT2D eigenvalue weighted by Gasteiger charge is -2.28. The van der Waals surface area contributed by atoms with E-state index in [2.05, 4.69) is 25.4 Å². The minimum Gasteiger partial charge on any atom is -0.378 e. The molecule has 3 amide bonds. The molecule has 2 aromatic heterocycles. The number of carbonyl (C=O) groups excluding carboxylic acids is 2. The van der Waals surface area contributed by atoms with Gasteiger partial charge in [0.05, 0.1) is 25.1 Å². The molecule has 38 heavy (non-hydrogen) atoms. The lowest BCUT2D eigenvalue weighted by Crippen LogP contribution is -2.38. The van der Waals surface area contributed by atoms with Crippen LogP contribution in [0.2, 0.25) is 0 Å². The van der Waals surface area contributed by atoms with Crippen LogP contribution in [0.3, 0.4) is 0 Å². The second kappa shape index (κ2) is 11.8. The number of amides is 3. The first-order chi connectivity index (χ1) is 18.5. The van der Waals surface area contributed by atoms with Crippen LogP contribution in [0.25, 0.3) is 11.4 Å². The molecular formula is C26H31N9O3. The van der Waals surface area contributed by atoms with Crippen molar-refractivity contribution in [2.75, 3.05) is 72.9 Å². The Bertz CT molecular complexity index is 1250. The smallest absolute Gasteiger partial charge is 0.323 e. The molecule has 1 aromatic carbocycles. The molecular weight excluding hydrogens is 486 g/mol. The van der Waals surface area contributed by atoms with Crippen molar-refractivity contribution in [2.24, 2.45) is 0 Å². The third-order valence-corrected chi connectivity index (χ3v) is 6.45. The number of ether oxygens (including phenoxy) is 1. The molecule has 2 fully saturated rings. The Hall–Kier alpha value is -4.32. The molecule has 12 nitrogen and oxygen atoms in total. The first kappa shape index (κ1) is 25.3. The molecule has 0 radical (unpaired) electrons. The SMILES string of the molecule is CC(=O)N1CCCN(c2nc(-c3ccc(NC(=O)Nc4cccnc4)cc3)nc(N3CCOCC3)n2)CC1. The fourth-order valence-electron chi connectivity index (χ4n) is 4.39. The van der Waals surface area contributed by atoms with Crippen LogP contribution in [0.1, 0.15) is 13.3 Å². The number of rotatable bonds is 5. The maximum Gasteiger partial charge on any atom is 0.323 e. The monoisotopic (exact) mass is 517 g/mol. The Kier molecular flexibility index (Phi) is 7.88. The standard InChI is InChI=1S/C26H31N9O3/c1-19(36)33-10-3-11-34(13-12-33)24-30-23(31-25(32-24)35-14-16-38-17-15-35)20-5-7-21(8-6-20)28-26(37)29-22-4-2-9-27-18-22/h2,4-9,18H,3,10-17H2,1H3,(H2,28,29,37). The molecule has 0 aliphatic carbocycles. The van der Waals surface area contributed by atoms with Crippen molar-refractivity contribution < 1.29 is 14.3 Å². The van der Waals surface area contributed by atoms with Crippen LogP contribution >= 0.6 is 0 Å². The molecule has 0 saturated carbocycles. The molecule has 4 heterocycles. The lowest BCUT2D eigenvalue weighted by atomic mass is 10.2. The van der Waals surface area contributed by atoms with Crippen LogP contribution < -0.4 is 20.4 Å². The highest BCUT2D eigenvalue weighted by Gasteiger charge is 2.22. The molecule has 0 unspecified atom stereocenters. The number of carbonyl (C=O) groups is 2. The molecule has 0 atom stereocenters. The van der Waals surface area contributed by atoms with Crippen molar-refractivity contribution in [1.82, 2.24) is 24.8 Å². The number of anilines is 4. The topological polar surface area (TPSA) is 129 Å². The molecule has 2 saturated heterocycles. The van der Waals surface area contributed by atoms with Crippen LogP contribution in [0.15, 0.2) is 48.8 Å². The van der Waals surface area contributed by atoms with Gasteiger partial charge in [0.2, 0.25) is 17.8 Å². The average molecular weight is 518 g/mol. The van der Waals surface area contributed by atoms with Gasteiger partial charge < -0.3 is 30.1 Å². The molecule has 198 valence electrons. The highest BCUT2D eigenvalue weighted by Crippen LogP contribution is 2.24. The van der Waals surface area contributed by atoms with Crippen LogP contribution in [-0.2, 0) is 9.53 Å². The number of benzene rings is 1. The van der Waals surface area contributed by atoms with Gasteiger partial charge in [-0.1, -0.05) is 0 Å². The summed E-state index contributed by atoms with van der Waals surface area (Å²) in [4.78, 5) is 48.7. The van der Waals surface area contributed by atoms with E-state index in [-0.39, 0.29) is 11.9 Å². The van der Waals surface area contributed by atoms with E-state index in [0.717, 1.165) is 25.1 Å². The summed E-state index contributed by atoms with van der Waals surface area (Å²) in [6.45, 7) is 7.02. The van der Waals surface area contributed by atoms with Gasteiger partial charge >= 0.3 is 6.03 Å². The lowest BCUT2D eigenvalue weighted by molar-refractivity contribution is -0.128. The van der Waals surface area contributed by atoms with Gasteiger partial charge in [0.25, 0.3) is 0 Å². The van der Waals surface area contributed by atoms with E-state index in [1.165, 1.54) is 0 Å². The minimum atomic E-state index is -0.358. The van der Waals surface area contributed by atoms with Crippen molar-refractivity contribution in [3.8, 4) is 11.4 Å². The van der Waals surface area contributed by atoms with Crippen molar-refractivity contribution in [3.05, 3.63) is 48.8 Å². The average Bonchev–Trinajstić information content (AvgIpc) is 3.21. The summed E-state index contributed by atoms with van der Waals surface area (Å²) in [5.74, 6) is 1.84. The highest BCUT2D eigenvalue weighted by atomic mass is 16.5. The zero-order valence-corrected chi connectivity index (χ0v) is 21.3. The number of aromatic nitrogens is 4. The van der Waals surface area contributed by atoms with Gasteiger partial charge in [0.1, 0.15) is 0 Å². The van der Waals surface area contributed by atoms with Crippen LogP contribution in [0, 0.1) is 0 Å². The number of pyridine rings is 1. The Morgan fingerprint density at radius 1 is 0.816 bits per heavy atom. The van der Waals surface area contributed by atoms with Crippen molar-refractivity contribution >= 4 is 35.2 Å². The van der Waals surface area contributed by atoms with E-state index in [0.29, 0.717) is 68.5 Å². The van der Waals surface area contributed by atoms with Gasteiger partial charge in [-0.2, -0.15) is 15.0 Å². The highest BCUT2D eigenvalue weighted by molar-refractivity contribution is 5.99. The number of morpholine rings is 1. The molecule has 3 aromatic rings. The summed E-state index contributed by atoms with van der Waals surface area (Å²) < 4.78 is 5.51. The van der Waals surface area contributed by atoms with E-state index in [9.17, 15) is 9.59 Å². The second-order valence-corrected chi connectivity index (χ2v) is 9.10. The van der Waals surface area contributed by atoms with Gasteiger partial charge in [-0.05, 0) is 42.8 Å². The zero-order valence-electron chi connectivity index (χ0n) is 21.3. The quantitative estimate of drug-likeness (QED) is 0.524. The first-order valence-corrected chi connectivity index (χ1v) is 12.7. The number of nitrogens with one attached hydrogen (secondary N) is 2. The largest absolute Gasteiger partial charge is 0.378 e. The van der Waals surface area contributed by atoms with Crippen LogP contribution in [0.5, 0.6) is 0 Å². The Labute approximate surface area is 221 Å². The summed E-state index contributed by atoms with van der Waals surface area (Å²) in [5.41, 5.74) is 2.05. The Morgan fingerprint density at radius 2 is 1.53 bits per heavy atom. The fourth-order valence-corrected chi connectivity index (χ4v) is 4.39. The number of hydrogen-bond acceptors (Lipinski definition) is 9. The van der Waals surface area contributed by atoms with E-state index < -0.39 is 0 Å². The minimum absolute atomic E-state index is 0.0833. The van der Waals surface area contributed by atoms with E-state index in [1.807, 2.05) is 29.2 Å². The van der Waals surface area contributed by atoms with E-state index in [1.54, 1.807) is 31.5 Å². The predicted molar refractivity (Wildman–Crippen MR) is 144 cm³/mol. The maximum absolute atomic E-state index is 12.3. The van der Waals surface area contributed by atoms with Crippen molar-refractivity contribution in [1.29, 1.82) is 0 Å². The number of urea groups is 1. The third kappa shape index (κ3) is 6.32. The summed E-state index contributed by atoms with van der Waals surface area (Å²) in [5, 5.41) is 5.57. The molecule has 0 spiro atoms. The maximum atomic E-state index is 12.3. The Balaban J connectivity index is 1.36. The van der Waals surface area contributed by atoms with Gasteiger partial charge in [-0.25, -0.2) is 4.79 Å². The van der Waals surface area contributed by atoms with E-state index >= 15 is 0 Å². The molecule has 12 heteroatoms. The summed E-state index contributed by atoms with van der Waals surface area (Å²) in [7, 11) is 0. The zero-order chi connectivity index (χ0) is 26.3. The third-order valence-electron chi connectivity index (χ3n) is 6.45. The normalized spacial score (nSPS) is 16.1. The number of nitrogens with zero attached hydrogens (tertiary/aromatic N) is 7. The van der Waals surface area contributed by atoms with Crippen LogP contribution in [0.4, 0.5) is 28.1 Å². The summed E-state index contributed by atoms with van der Waals surface area (Å²) in [6, 6.07) is 10.5. The molecule has 2 N–H and O–H groups in total. The fraction of sp³-hybridized carbons (Fsp3) is 0.385. The molecule has 2 aliphatic heterocycles. The summed E-state index contributed by atoms with van der Waals surface area (Å²) >= 11 is 0. The van der Waals surface area contributed by atoms with Crippen LogP contribution in [-0.4, -0.2) is 89.3 Å². The molecule has 5 rings (SSSR count). The molecule has 2 aliphatic rings. The Morgan fingerprint density at radius 3 is 2.21 bits per heavy atom. The van der Waals surface area contributed by atoms with Crippen molar-refractivity contribution in [3.63, 3.8) is 0 Å². The van der Waals surface area contributed by atoms with Gasteiger partial charge in [0.15, 0.2) is 5.82 Å². The first-order valence-electron chi connectivity index (χ1n) is 12.7. The van der Waals surface area contributed by atoms with Gasteiger partial charge in [-0.15, -0.1) is 0 Å². The van der Waals surface area contributed by atoms with Gasteiger partial charge in [0, 0.05) is 63.6 Å². The number of hydrogen-bond donors (Lipinski definition) is 2. The summed E-state index contributed by atoms with van der Waals surface area (Å²) in [6.07, 6.45) is 4.07. The van der Waals surface area contributed by atoms with Gasteiger partial charge in [-0.3, -0.25) is 9.78 Å².